The van der Waals surface area contributed by atoms with Crippen molar-refractivity contribution in [2.75, 3.05) is 13.7 Å². The molecule has 0 bridgehead atoms. The normalized spacial score (nSPS) is 12.4. The summed E-state index contributed by atoms with van der Waals surface area (Å²) in [6.07, 6.45) is -0.894. The zero-order valence-corrected chi connectivity index (χ0v) is 12.4. The Morgan fingerprint density at radius 2 is 2.14 bits per heavy atom. The van der Waals surface area contributed by atoms with Crippen LogP contribution in [0, 0.1) is 12.7 Å². The number of benzene rings is 1. The molecule has 0 spiro atoms. The highest BCUT2D eigenvalue weighted by Crippen LogP contribution is 2.21. The maximum atomic E-state index is 13.6. The van der Waals surface area contributed by atoms with Crippen LogP contribution in [0.25, 0.3) is 0 Å². The van der Waals surface area contributed by atoms with Gasteiger partial charge in [0.15, 0.2) is 0 Å². The molecule has 0 saturated carbocycles. The van der Waals surface area contributed by atoms with E-state index in [9.17, 15) is 9.50 Å². The predicted octanol–water partition coefficient (Wildman–Crippen LogP) is 1.70. The van der Waals surface area contributed by atoms with Crippen molar-refractivity contribution in [3.63, 3.8) is 0 Å². The van der Waals surface area contributed by atoms with E-state index in [1.54, 1.807) is 30.0 Å². The van der Waals surface area contributed by atoms with Crippen molar-refractivity contribution in [3.8, 4) is 5.88 Å². The van der Waals surface area contributed by atoms with E-state index in [4.69, 9.17) is 4.74 Å². The third kappa shape index (κ3) is 3.40. The fourth-order valence-corrected chi connectivity index (χ4v) is 2.33. The van der Waals surface area contributed by atoms with Crippen molar-refractivity contribution < 1.29 is 14.2 Å². The van der Waals surface area contributed by atoms with Crippen LogP contribution in [-0.2, 0) is 13.6 Å². The number of hydrogen-bond acceptors (Lipinski definition) is 4. The van der Waals surface area contributed by atoms with Crippen LogP contribution in [0.2, 0.25) is 0 Å². The molecule has 1 aromatic carbocycles. The maximum absolute atomic E-state index is 13.6. The van der Waals surface area contributed by atoms with Gasteiger partial charge in [0, 0.05) is 25.7 Å². The van der Waals surface area contributed by atoms with Crippen LogP contribution in [0.3, 0.4) is 0 Å². The fraction of sp³-hybridized carbons (Fsp3) is 0.400. The lowest BCUT2D eigenvalue weighted by molar-refractivity contribution is 0.169. The van der Waals surface area contributed by atoms with Crippen LogP contribution in [-0.4, -0.2) is 28.5 Å². The van der Waals surface area contributed by atoms with Crippen LogP contribution >= 0.6 is 0 Å². The van der Waals surface area contributed by atoms with Crippen molar-refractivity contribution >= 4 is 0 Å². The van der Waals surface area contributed by atoms with Gasteiger partial charge in [0.25, 0.3) is 0 Å². The Hall–Kier alpha value is -1.92. The van der Waals surface area contributed by atoms with Crippen molar-refractivity contribution in [1.29, 1.82) is 0 Å². The molecule has 0 aliphatic carbocycles. The third-order valence-corrected chi connectivity index (χ3v) is 3.39. The third-order valence-electron chi connectivity index (χ3n) is 3.39. The molecule has 0 saturated heterocycles. The van der Waals surface area contributed by atoms with Gasteiger partial charge in [0.05, 0.1) is 24.5 Å². The molecule has 0 amide bonds. The summed E-state index contributed by atoms with van der Waals surface area (Å²) in [5.74, 6) is 0.280. The average Bonchev–Trinajstić information content (AvgIpc) is 2.73. The van der Waals surface area contributed by atoms with Gasteiger partial charge >= 0.3 is 0 Å². The van der Waals surface area contributed by atoms with E-state index in [1.807, 2.05) is 14.0 Å². The molecule has 0 fully saturated rings. The lowest BCUT2D eigenvalue weighted by Crippen LogP contribution is -2.22. The Labute approximate surface area is 123 Å². The minimum atomic E-state index is -0.894. The average molecular weight is 293 g/mol. The van der Waals surface area contributed by atoms with Crippen LogP contribution in [0.1, 0.15) is 22.9 Å². The largest absolute Gasteiger partial charge is 0.481 e. The molecule has 0 radical (unpaired) electrons. The van der Waals surface area contributed by atoms with Gasteiger partial charge < -0.3 is 15.2 Å². The topological polar surface area (TPSA) is 59.3 Å². The Morgan fingerprint density at radius 3 is 2.81 bits per heavy atom. The van der Waals surface area contributed by atoms with E-state index < -0.39 is 11.9 Å². The van der Waals surface area contributed by atoms with Crippen molar-refractivity contribution in [3.05, 3.63) is 46.9 Å². The maximum Gasteiger partial charge on any atom is 0.216 e. The summed E-state index contributed by atoms with van der Waals surface area (Å²) in [5, 5.41) is 17.4. The molecule has 114 valence electrons. The SMILES string of the molecule is COc1c(CNC[C@H](O)c2ccccc2F)c(C)nn1C. The first-order chi connectivity index (χ1) is 10.0. The molecule has 1 heterocycles. The summed E-state index contributed by atoms with van der Waals surface area (Å²) >= 11 is 0. The number of rotatable bonds is 6. The molecule has 5 nitrogen and oxygen atoms in total. The minimum absolute atomic E-state index is 0.248. The van der Waals surface area contributed by atoms with Crippen LogP contribution < -0.4 is 10.1 Å². The zero-order chi connectivity index (χ0) is 15.4. The molecule has 21 heavy (non-hydrogen) atoms. The summed E-state index contributed by atoms with van der Waals surface area (Å²) in [6.45, 7) is 2.64. The molecule has 0 unspecified atom stereocenters. The highest BCUT2D eigenvalue weighted by atomic mass is 19.1. The Balaban J connectivity index is 1.97. The Morgan fingerprint density at radius 1 is 1.43 bits per heavy atom. The molecule has 2 rings (SSSR count). The molecule has 6 heteroatoms. The number of halogens is 1. The predicted molar refractivity (Wildman–Crippen MR) is 77.6 cm³/mol. The molecular weight excluding hydrogens is 273 g/mol. The van der Waals surface area contributed by atoms with E-state index in [0.29, 0.717) is 18.0 Å². The van der Waals surface area contributed by atoms with E-state index in [-0.39, 0.29) is 6.54 Å². The molecule has 2 N–H and O–H groups in total. The second kappa shape index (κ2) is 6.69. The van der Waals surface area contributed by atoms with Gasteiger partial charge in [-0.15, -0.1) is 0 Å². The number of methoxy groups -OCH3 is 1. The quantitative estimate of drug-likeness (QED) is 0.851. The number of ether oxygens (including phenoxy) is 1. The van der Waals surface area contributed by atoms with E-state index >= 15 is 0 Å². The number of aliphatic hydroxyl groups is 1. The highest BCUT2D eigenvalue weighted by molar-refractivity contribution is 5.30. The van der Waals surface area contributed by atoms with E-state index in [2.05, 4.69) is 10.4 Å². The number of aryl methyl sites for hydroxylation is 2. The first kappa shape index (κ1) is 15.5. The molecule has 2 aromatic rings. The van der Waals surface area contributed by atoms with Gasteiger partial charge in [0.1, 0.15) is 5.82 Å². The second-order valence-electron chi connectivity index (χ2n) is 4.87. The molecular formula is C15H20FN3O2. The first-order valence-electron chi connectivity index (χ1n) is 6.74. The summed E-state index contributed by atoms with van der Waals surface area (Å²) < 4.78 is 20.5. The van der Waals surface area contributed by atoms with Gasteiger partial charge in [0.2, 0.25) is 5.88 Å². The van der Waals surface area contributed by atoms with Crippen LogP contribution in [0.15, 0.2) is 24.3 Å². The zero-order valence-electron chi connectivity index (χ0n) is 12.4. The number of aromatic nitrogens is 2. The van der Waals surface area contributed by atoms with Crippen molar-refractivity contribution in [1.82, 2.24) is 15.1 Å². The van der Waals surface area contributed by atoms with E-state index in [0.717, 1.165) is 11.3 Å². The first-order valence-corrected chi connectivity index (χ1v) is 6.74. The molecule has 0 aliphatic rings. The van der Waals surface area contributed by atoms with E-state index in [1.165, 1.54) is 6.07 Å². The van der Waals surface area contributed by atoms with Crippen LogP contribution in [0.4, 0.5) is 4.39 Å². The summed E-state index contributed by atoms with van der Waals surface area (Å²) in [6, 6.07) is 6.23. The van der Waals surface area contributed by atoms with Crippen molar-refractivity contribution in [2.45, 2.75) is 19.6 Å². The van der Waals surface area contributed by atoms with Crippen LogP contribution in [0.5, 0.6) is 5.88 Å². The monoisotopic (exact) mass is 293 g/mol. The second-order valence-corrected chi connectivity index (χ2v) is 4.87. The molecule has 0 aliphatic heterocycles. The smallest absolute Gasteiger partial charge is 0.216 e. The Kier molecular flexibility index (Phi) is 4.93. The number of nitrogens with zero attached hydrogens (tertiary/aromatic N) is 2. The lowest BCUT2D eigenvalue weighted by atomic mass is 10.1. The van der Waals surface area contributed by atoms with Gasteiger partial charge in [-0.3, -0.25) is 0 Å². The fourth-order valence-electron chi connectivity index (χ4n) is 2.33. The van der Waals surface area contributed by atoms with Gasteiger partial charge in [-0.05, 0) is 13.0 Å². The Bertz CT molecular complexity index is 613. The van der Waals surface area contributed by atoms with Crippen molar-refractivity contribution in [2.24, 2.45) is 7.05 Å². The number of aliphatic hydroxyl groups excluding tert-OH is 1. The summed E-state index contributed by atoms with van der Waals surface area (Å²) in [7, 11) is 3.40. The van der Waals surface area contributed by atoms with Gasteiger partial charge in [-0.25, -0.2) is 9.07 Å². The van der Waals surface area contributed by atoms with Gasteiger partial charge in [-0.1, -0.05) is 18.2 Å². The molecule has 1 aromatic heterocycles. The van der Waals surface area contributed by atoms with Gasteiger partial charge in [-0.2, -0.15) is 5.10 Å². The number of nitrogens with one attached hydrogen (secondary N) is 1. The minimum Gasteiger partial charge on any atom is -0.481 e. The highest BCUT2D eigenvalue weighted by Gasteiger charge is 2.15. The summed E-state index contributed by atoms with van der Waals surface area (Å²) in [4.78, 5) is 0. The number of hydrogen-bond donors (Lipinski definition) is 2. The lowest BCUT2D eigenvalue weighted by Gasteiger charge is -2.13. The molecule has 1 atom stereocenters. The standard InChI is InChI=1S/C15H20FN3O2/c1-10-12(15(21-3)19(2)18-10)8-17-9-14(20)11-6-4-5-7-13(11)16/h4-7,14,17,20H,8-9H2,1-3H3/t14-/m0/s1. The summed E-state index contributed by atoms with van der Waals surface area (Å²) in [5.41, 5.74) is 2.09.